The second-order valence-electron chi connectivity index (χ2n) is 9.73. The Kier molecular flexibility index (Phi) is 6.94. The number of esters is 1. The van der Waals surface area contributed by atoms with Crippen molar-refractivity contribution < 1.29 is 22.7 Å². The van der Waals surface area contributed by atoms with Crippen molar-refractivity contribution in [3.05, 3.63) is 64.5 Å². The summed E-state index contributed by atoms with van der Waals surface area (Å²) in [5.41, 5.74) is -0.758. The van der Waals surface area contributed by atoms with Gasteiger partial charge in [-0.2, -0.15) is 18.3 Å². The maximum atomic E-state index is 13.1. The summed E-state index contributed by atoms with van der Waals surface area (Å²) in [6, 6.07) is 5.01. The highest BCUT2D eigenvalue weighted by molar-refractivity contribution is 5.78. The number of benzene rings is 1. The summed E-state index contributed by atoms with van der Waals surface area (Å²) in [6.07, 6.45) is 0.215. The van der Waals surface area contributed by atoms with Crippen LogP contribution in [0.15, 0.2) is 47.8 Å². The number of hydrogen-bond donors (Lipinski definition) is 1. The largest absolute Gasteiger partial charge is 0.441 e. The molecule has 1 atom stereocenters. The molecule has 0 aliphatic carbocycles. The molecule has 4 aromatic rings. The zero-order chi connectivity index (χ0) is 27.0. The number of ether oxygens (including phenoxy) is 1. The van der Waals surface area contributed by atoms with Crippen molar-refractivity contribution in [3.63, 3.8) is 0 Å². The zero-order valence-electron chi connectivity index (χ0n) is 20.8. The minimum atomic E-state index is -4.45. The number of H-pyrrole nitrogens is 1. The highest BCUT2D eigenvalue weighted by atomic mass is 19.4. The number of carbonyl (C=O) groups excluding carboxylic acids is 1. The number of halogens is 3. The molecule has 37 heavy (non-hydrogen) atoms. The fraction of sp³-hybridized carbons (Fsp3) is 0.400. The Morgan fingerprint density at radius 1 is 1.22 bits per heavy atom. The molecule has 1 unspecified atom stereocenters. The van der Waals surface area contributed by atoms with Crippen LogP contribution >= 0.6 is 0 Å². The van der Waals surface area contributed by atoms with E-state index in [0.29, 0.717) is 29.8 Å². The van der Waals surface area contributed by atoms with Crippen LogP contribution in [0.25, 0.3) is 22.6 Å². The molecule has 0 spiro atoms. The standard InChI is InChI=1S/C25H27F3N6O3/c1-5-7-18(37-23(36)24(2,3)4)34-20(32-19-21(34)29-14-30-22(19)35)16-11-31-33(13-16)12-15-8-6-9-17(10-15)25(26,27)28/h6,8-11,13-14,18H,5,7,12H2,1-4H3,(H,29,30,35). The van der Waals surface area contributed by atoms with Gasteiger partial charge in [-0.1, -0.05) is 25.5 Å². The van der Waals surface area contributed by atoms with Crippen LogP contribution in [0.3, 0.4) is 0 Å². The molecule has 0 radical (unpaired) electrons. The lowest BCUT2D eigenvalue weighted by molar-refractivity contribution is -0.163. The lowest BCUT2D eigenvalue weighted by Crippen LogP contribution is -2.27. The van der Waals surface area contributed by atoms with Crippen molar-refractivity contribution in [2.24, 2.45) is 5.41 Å². The Balaban J connectivity index is 1.76. The lowest BCUT2D eigenvalue weighted by Gasteiger charge is -2.25. The van der Waals surface area contributed by atoms with Crippen LogP contribution in [-0.2, 0) is 22.3 Å². The van der Waals surface area contributed by atoms with Crippen molar-refractivity contribution in [1.82, 2.24) is 29.3 Å². The maximum absolute atomic E-state index is 13.1. The number of nitrogens with zero attached hydrogens (tertiary/aromatic N) is 5. The van der Waals surface area contributed by atoms with Crippen LogP contribution in [0.4, 0.5) is 13.2 Å². The number of nitrogens with one attached hydrogen (secondary N) is 1. The van der Waals surface area contributed by atoms with Crippen molar-refractivity contribution >= 4 is 17.1 Å². The van der Waals surface area contributed by atoms with Crippen molar-refractivity contribution in [3.8, 4) is 11.4 Å². The van der Waals surface area contributed by atoms with Crippen LogP contribution < -0.4 is 5.56 Å². The van der Waals surface area contributed by atoms with E-state index < -0.39 is 34.9 Å². The second kappa shape index (κ2) is 9.83. The van der Waals surface area contributed by atoms with Crippen LogP contribution in [0.5, 0.6) is 0 Å². The normalized spacial score (nSPS) is 13.2. The van der Waals surface area contributed by atoms with Gasteiger partial charge in [-0.15, -0.1) is 0 Å². The van der Waals surface area contributed by atoms with Crippen molar-refractivity contribution in [2.75, 3.05) is 0 Å². The van der Waals surface area contributed by atoms with E-state index >= 15 is 0 Å². The number of aromatic nitrogens is 6. The number of imidazole rings is 1. The van der Waals surface area contributed by atoms with Gasteiger partial charge in [0.1, 0.15) is 5.82 Å². The summed E-state index contributed by atoms with van der Waals surface area (Å²) in [4.78, 5) is 36.5. The van der Waals surface area contributed by atoms with Gasteiger partial charge in [0.2, 0.25) is 0 Å². The number of alkyl halides is 3. The van der Waals surface area contributed by atoms with Crippen LogP contribution in [0, 0.1) is 5.41 Å². The number of hydrogen-bond acceptors (Lipinski definition) is 6. The smallest absolute Gasteiger partial charge is 0.416 e. The van der Waals surface area contributed by atoms with Gasteiger partial charge in [0.15, 0.2) is 17.4 Å². The average molecular weight is 517 g/mol. The number of carbonyl (C=O) groups is 1. The molecule has 0 aliphatic rings. The third kappa shape index (κ3) is 5.57. The van der Waals surface area contributed by atoms with E-state index in [0.717, 1.165) is 12.1 Å². The molecule has 4 rings (SSSR count). The summed E-state index contributed by atoms with van der Waals surface area (Å²) in [5, 5.41) is 4.29. The fourth-order valence-electron chi connectivity index (χ4n) is 3.78. The predicted octanol–water partition coefficient (Wildman–Crippen LogP) is 4.94. The highest BCUT2D eigenvalue weighted by Gasteiger charge is 2.31. The van der Waals surface area contributed by atoms with Gasteiger partial charge in [0.05, 0.1) is 35.6 Å². The number of aromatic amines is 1. The first kappa shape index (κ1) is 26.1. The summed E-state index contributed by atoms with van der Waals surface area (Å²) in [7, 11) is 0. The highest BCUT2D eigenvalue weighted by Crippen LogP contribution is 2.32. The molecule has 0 bridgehead atoms. The van der Waals surface area contributed by atoms with E-state index in [1.54, 1.807) is 37.6 Å². The number of fused-ring (bicyclic) bond motifs is 1. The van der Waals surface area contributed by atoms with E-state index in [9.17, 15) is 22.8 Å². The van der Waals surface area contributed by atoms with Gasteiger partial charge in [-0.3, -0.25) is 18.8 Å². The molecule has 9 nitrogen and oxygen atoms in total. The molecule has 12 heteroatoms. The van der Waals surface area contributed by atoms with E-state index in [2.05, 4.69) is 20.1 Å². The molecule has 3 heterocycles. The molecule has 196 valence electrons. The summed E-state index contributed by atoms with van der Waals surface area (Å²) in [6.45, 7) is 7.24. The van der Waals surface area contributed by atoms with Crippen LogP contribution in [0.1, 0.15) is 57.9 Å². The lowest BCUT2D eigenvalue weighted by atomic mass is 9.97. The minimum Gasteiger partial charge on any atom is -0.441 e. The molecule has 0 amide bonds. The first-order chi connectivity index (χ1) is 17.4. The molecule has 3 aromatic heterocycles. The maximum Gasteiger partial charge on any atom is 0.416 e. The zero-order valence-corrected chi connectivity index (χ0v) is 20.8. The molecule has 0 fully saturated rings. The van der Waals surface area contributed by atoms with Crippen molar-refractivity contribution in [1.29, 1.82) is 0 Å². The number of rotatable bonds is 7. The summed E-state index contributed by atoms with van der Waals surface area (Å²) < 4.78 is 48.3. The molecule has 1 N–H and O–H groups in total. The van der Waals surface area contributed by atoms with Gasteiger partial charge < -0.3 is 9.72 Å². The monoisotopic (exact) mass is 516 g/mol. The fourth-order valence-corrected chi connectivity index (χ4v) is 3.78. The quantitative estimate of drug-likeness (QED) is 0.349. The van der Waals surface area contributed by atoms with Crippen molar-refractivity contribution in [2.45, 2.75) is 59.5 Å². The molecular formula is C25H27F3N6O3. The molecule has 0 aliphatic heterocycles. The third-order valence-corrected chi connectivity index (χ3v) is 5.65. The predicted molar refractivity (Wildman–Crippen MR) is 129 cm³/mol. The second-order valence-corrected chi connectivity index (χ2v) is 9.73. The Morgan fingerprint density at radius 2 is 1.97 bits per heavy atom. The molecule has 1 aromatic carbocycles. The van der Waals surface area contributed by atoms with E-state index in [4.69, 9.17) is 4.74 Å². The van der Waals surface area contributed by atoms with Gasteiger partial charge in [-0.05, 0) is 38.5 Å². The topological polar surface area (TPSA) is 108 Å². The van der Waals surface area contributed by atoms with Gasteiger partial charge in [0.25, 0.3) is 5.56 Å². The first-order valence-corrected chi connectivity index (χ1v) is 11.7. The van der Waals surface area contributed by atoms with Gasteiger partial charge >= 0.3 is 12.1 Å². The Morgan fingerprint density at radius 3 is 2.65 bits per heavy atom. The third-order valence-electron chi connectivity index (χ3n) is 5.65. The van der Waals surface area contributed by atoms with E-state index in [1.165, 1.54) is 23.3 Å². The minimum absolute atomic E-state index is 0.0658. The molecular weight excluding hydrogens is 489 g/mol. The Bertz CT molecular complexity index is 1480. The van der Waals surface area contributed by atoms with Crippen LogP contribution in [-0.4, -0.2) is 35.3 Å². The van der Waals surface area contributed by atoms with Crippen LogP contribution in [0.2, 0.25) is 0 Å². The SMILES string of the molecule is CCCC(OC(=O)C(C)(C)C)n1c(-c2cnn(Cc3cccc(C(F)(F)F)c3)c2)nc2c(=O)[nH]cnc21. The average Bonchev–Trinajstić information content (AvgIpc) is 3.43. The van der Waals surface area contributed by atoms with Gasteiger partial charge in [0, 0.05) is 12.6 Å². The summed E-state index contributed by atoms with van der Waals surface area (Å²) >= 11 is 0. The van der Waals surface area contributed by atoms with Gasteiger partial charge in [-0.25, -0.2) is 9.97 Å². The molecule has 0 saturated carbocycles. The molecule has 0 saturated heterocycles. The summed E-state index contributed by atoms with van der Waals surface area (Å²) in [5.74, 6) is -0.126. The first-order valence-electron chi connectivity index (χ1n) is 11.7. The van der Waals surface area contributed by atoms with E-state index in [-0.39, 0.29) is 17.7 Å². The van der Waals surface area contributed by atoms with E-state index in [1.807, 2.05) is 6.92 Å². The Hall–Kier alpha value is -3.96. The Labute approximate surface area is 210 Å².